The summed E-state index contributed by atoms with van der Waals surface area (Å²) < 4.78 is 2.62. The molecule has 3 N–H and O–H groups in total. The Morgan fingerprint density at radius 2 is 2.09 bits per heavy atom. The average Bonchev–Trinajstić information content (AvgIpc) is 2.88. The van der Waals surface area contributed by atoms with Gasteiger partial charge in [-0.25, -0.2) is 9.78 Å². The minimum Gasteiger partial charge on any atom is -0.393 e. The Morgan fingerprint density at radius 3 is 2.73 bits per heavy atom. The molecule has 2 rings (SSSR count). The first-order valence-electron chi connectivity index (χ1n) is 7.46. The van der Waals surface area contributed by atoms with Crippen LogP contribution in [0.15, 0.2) is 9.59 Å². The van der Waals surface area contributed by atoms with Crippen LogP contribution in [-0.4, -0.2) is 37.4 Å². The highest BCUT2D eigenvalue weighted by Gasteiger charge is 2.14. The quantitative estimate of drug-likeness (QED) is 0.609. The number of unbranched alkanes of at least 4 members (excludes halogenated alkanes) is 1. The van der Waals surface area contributed by atoms with Crippen LogP contribution in [0.4, 0.5) is 0 Å². The maximum atomic E-state index is 12.5. The van der Waals surface area contributed by atoms with Gasteiger partial charge in [0.25, 0.3) is 5.56 Å². The molecule has 0 spiro atoms. The summed E-state index contributed by atoms with van der Waals surface area (Å²) >= 11 is 0. The van der Waals surface area contributed by atoms with Gasteiger partial charge < -0.3 is 15.4 Å². The molecule has 0 aliphatic rings. The number of nitrogens with one attached hydrogen (secondary N) is 2. The van der Waals surface area contributed by atoms with Crippen molar-refractivity contribution in [3.63, 3.8) is 0 Å². The number of aliphatic hydroxyl groups is 1. The van der Waals surface area contributed by atoms with E-state index in [1.54, 1.807) is 21.0 Å². The van der Waals surface area contributed by atoms with E-state index >= 15 is 0 Å². The molecule has 0 saturated carbocycles. The number of nitrogens with zero attached hydrogens (tertiary/aromatic N) is 3. The van der Waals surface area contributed by atoms with Crippen LogP contribution in [0, 0.1) is 0 Å². The number of aromatic nitrogens is 4. The molecule has 122 valence electrons. The summed E-state index contributed by atoms with van der Waals surface area (Å²) in [7, 11) is 3.40. The number of hydrogen-bond donors (Lipinski definition) is 3. The fourth-order valence-corrected chi connectivity index (χ4v) is 2.46. The minimum absolute atomic E-state index is 0.342. The Hall–Kier alpha value is -1.93. The molecule has 22 heavy (non-hydrogen) atoms. The second-order valence-corrected chi connectivity index (χ2v) is 5.56. The molecule has 0 saturated heterocycles. The number of fused-ring (bicyclic) bond motifs is 1. The van der Waals surface area contributed by atoms with Gasteiger partial charge in [0.1, 0.15) is 11.3 Å². The van der Waals surface area contributed by atoms with Gasteiger partial charge in [-0.2, -0.15) is 0 Å². The van der Waals surface area contributed by atoms with E-state index in [0.29, 0.717) is 42.9 Å². The first-order valence-corrected chi connectivity index (χ1v) is 7.46. The van der Waals surface area contributed by atoms with Gasteiger partial charge in [-0.1, -0.05) is 0 Å². The zero-order chi connectivity index (χ0) is 16.3. The van der Waals surface area contributed by atoms with Crippen molar-refractivity contribution in [1.82, 2.24) is 24.4 Å². The summed E-state index contributed by atoms with van der Waals surface area (Å²) in [5, 5.41) is 12.2. The summed E-state index contributed by atoms with van der Waals surface area (Å²) in [5.74, 6) is 0.622. The number of imidazole rings is 1. The third-order valence-corrected chi connectivity index (χ3v) is 3.63. The van der Waals surface area contributed by atoms with Crippen LogP contribution in [0.25, 0.3) is 11.2 Å². The Morgan fingerprint density at radius 1 is 1.36 bits per heavy atom. The minimum atomic E-state index is -0.364. The summed E-state index contributed by atoms with van der Waals surface area (Å²) in [6.07, 6.45) is 1.73. The largest absolute Gasteiger partial charge is 0.393 e. The molecule has 8 heteroatoms. The predicted molar refractivity (Wildman–Crippen MR) is 83.9 cm³/mol. The first kappa shape index (κ1) is 16.4. The molecule has 8 nitrogen and oxygen atoms in total. The Balaban J connectivity index is 2.34. The van der Waals surface area contributed by atoms with Crippen LogP contribution < -0.4 is 16.6 Å². The highest BCUT2D eigenvalue weighted by atomic mass is 16.3. The van der Waals surface area contributed by atoms with Gasteiger partial charge in [-0.15, -0.1) is 0 Å². The van der Waals surface area contributed by atoms with E-state index in [9.17, 15) is 14.7 Å². The highest BCUT2D eigenvalue weighted by molar-refractivity contribution is 5.69. The number of aryl methyl sites for hydroxylation is 1. The lowest BCUT2D eigenvalue weighted by Crippen LogP contribution is -2.39. The third kappa shape index (κ3) is 3.28. The topological polar surface area (TPSA) is 105 Å². The number of aromatic amines is 1. The highest BCUT2D eigenvalue weighted by Crippen LogP contribution is 2.05. The van der Waals surface area contributed by atoms with E-state index < -0.39 is 0 Å². The van der Waals surface area contributed by atoms with Crippen LogP contribution in [-0.2, 0) is 20.1 Å². The second-order valence-electron chi connectivity index (χ2n) is 5.56. The lowest BCUT2D eigenvalue weighted by Gasteiger charge is -2.08. The molecule has 1 atom stereocenters. The molecule has 0 aliphatic carbocycles. The van der Waals surface area contributed by atoms with Crippen LogP contribution in [0.2, 0.25) is 0 Å². The van der Waals surface area contributed by atoms with E-state index in [2.05, 4.69) is 15.3 Å². The summed E-state index contributed by atoms with van der Waals surface area (Å²) in [6, 6.07) is 0. The maximum absolute atomic E-state index is 12.5. The Kier molecular flexibility index (Phi) is 5.15. The van der Waals surface area contributed by atoms with Crippen LogP contribution in [0.1, 0.15) is 32.0 Å². The SMILES string of the molecule is CNCc1nc2c([nH]1)c(=O)n(CCCCC(C)O)c(=O)n2C. The van der Waals surface area contributed by atoms with E-state index in [0.717, 1.165) is 6.42 Å². The van der Waals surface area contributed by atoms with Crippen molar-refractivity contribution in [2.24, 2.45) is 7.05 Å². The summed E-state index contributed by atoms with van der Waals surface area (Å²) in [5.41, 5.74) is 0.0189. The van der Waals surface area contributed by atoms with Crippen molar-refractivity contribution in [2.75, 3.05) is 7.05 Å². The van der Waals surface area contributed by atoms with E-state index in [-0.39, 0.29) is 17.4 Å². The van der Waals surface area contributed by atoms with Crippen LogP contribution in [0.5, 0.6) is 0 Å². The normalized spacial score (nSPS) is 12.9. The molecule has 1 unspecified atom stereocenters. The first-order chi connectivity index (χ1) is 10.5. The molecule has 0 bridgehead atoms. The number of H-pyrrole nitrogens is 1. The van der Waals surface area contributed by atoms with Crippen molar-refractivity contribution < 1.29 is 5.11 Å². The van der Waals surface area contributed by atoms with Crippen molar-refractivity contribution in [3.8, 4) is 0 Å². The van der Waals surface area contributed by atoms with Crippen LogP contribution >= 0.6 is 0 Å². The number of aliphatic hydroxyl groups excluding tert-OH is 1. The molecule has 0 amide bonds. The molecule has 0 aromatic carbocycles. The van der Waals surface area contributed by atoms with Gasteiger partial charge in [0.15, 0.2) is 5.65 Å². The predicted octanol–water partition coefficient (Wildman–Crippen LogP) is -0.306. The van der Waals surface area contributed by atoms with E-state index in [1.165, 1.54) is 9.13 Å². The second kappa shape index (κ2) is 6.89. The van der Waals surface area contributed by atoms with Gasteiger partial charge >= 0.3 is 5.69 Å². The monoisotopic (exact) mass is 309 g/mol. The van der Waals surface area contributed by atoms with Crippen molar-refractivity contribution in [1.29, 1.82) is 0 Å². The van der Waals surface area contributed by atoms with Gasteiger partial charge in [0.2, 0.25) is 0 Å². The molecule has 0 radical (unpaired) electrons. The lowest BCUT2D eigenvalue weighted by molar-refractivity contribution is 0.180. The van der Waals surface area contributed by atoms with E-state index in [1.807, 2.05) is 0 Å². The maximum Gasteiger partial charge on any atom is 0.332 e. The van der Waals surface area contributed by atoms with Crippen molar-refractivity contribution in [3.05, 3.63) is 26.7 Å². The molecule has 0 aliphatic heterocycles. The zero-order valence-corrected chi connectivity index (χ0v) is 13.2. The van der Waals surface area contributed by atoms with E-state index in [4.69, 9.17) is 0 Å². The standard InChI is InChI=1S/C14H23N5O3/c1-9(20)6-4-5-7-19-13(21)11-12(18(3)14(19)22)17-10(16-11)8-15-2/h9,15,20H,4-8H2,1-3H3,(H,16,17). The molecule has 0 fully saturated rings. The Labute approximate surface area is 127 Å². The lowest BCUT2D eigenvalue weighted by atomic mass is 10.2. The van der Waals surface area contributed by atoms with Gasteiger partial charge in [-0.3, -0.25) is 13.9 Å². The van der Waals surface area contributed by atoms with Crippen molar-refractivity contribution in [2.45, 2.75) is 45.4 Å². The van der Waals surface area contributed by atoms with Crippen molar-refractivity contribution >= 4 is 11.2 Å². The number of hydrogen-bond acceptors (Lipinski definition) is 5. The van der Waals surface area contributed by atoms with Crippen LogP contribution in [0.3, 0.4) is 0 Å². The average molecular weight is 309 g/mol. The third-order valence-electron chi connectivity index (χ3n) is 3.63. The Bertz CT molecular complexity index is 756. The molecule has 2 aromatic heterocycles. The fraction of sp³-hybridized carbons (Fsp3) is 0.643. The van der Waals surface area contributed by atoms with Gasteiger partial charge in [0, 0.05) is 13.6 Å². The van der Waals surface area contributed by atoms with Gasteiger partial charge in [-0.05, 0) is 33.2 Å². The zero-order valence-electron chi connectivity index (χ0n) is 13.2. The summed E-state index contributed by atoms with van der Waals surface area (Å²) in [6.45, 7) is 2.57. The fourth-order valence-electron chi connectivity index (χ4n) is 2.46. The summed E-state index contributed by atoms with van der Waals surface area (Å²) in [4.78, 5) is 32.0. The van der Waals surface area contributed by atoms with Gasteiger partial charge in [0.05, 0.1) is 12.6 Å². The molecular formula is C14H23N5O3. The number of rotatable bonds is 7. The molecular weight excluding hydrogens is 286 g/mol. The smallest absolute Gasteiger partial charge is 0.332 e. The molecule has 2 heterocycles. The molecule has 2 aromatic rings.